The average molecular weight is 445 g/mol. The number of amides is 1. The number of hydrogen-bond acceptors (Lipinski definition) is 8. The normalized spacial score (nSPS) is 14.2. The highest BCUT2D eigenvalue weighted by Crippen LogP contribution is 2.32. The van der Waals surface area contributed by atoms with Gasteiger partial charge >= 0.3 is 5.97 Å². The van der Waals surface area contributed by atoms with Crippen LogP contribution in [0.25, 0.3) is 0 Å². The van der Waals surface area contributed by atoms with E-state index >= 15 is 0 Å². The number of nitro groups is 1. The minimum absolute atomic E-state index is 0.0202. The van der Waals surface area contributed by atoms with E-state index in [1.807, 2.05) is 4.90 Å². The Morgan fingerprint density at radius 1 is 1.23 bits per heavy atom. The average Bonchev–Trinajstić information content (AvgIpc) is 3.43. The van der Waals surface area contributed by atoms with Gasteiger partial charge in [-0.2, -0.15) is 0 Å². The lowest BCUT2D eigenvalue weighted by Crippen LogP contribution is -2.24. The minimum Gasteiger partial charge on any atom is -0.451 e. The number of nitrogens with one attached hydrogen (secondary N) is 1. The van der Waals surface area contributed by atoms with E-state index in [1.165, 1.54) is 37.3 Å². The molecule has 9 nitrogen and oxygen atoms in total. The second-order valence-electron chi connectivity index (χ2n) is 7.24. The summed E-state index contributed by atoms with van der Waals surface area (Å²) in [5, 5.41) is 14.2. The summed E-state index contributed by atoms with van der Waals surface area (Å²) in [6.07, 6.45) is 0.878. The van der Waals surface area contributed by atoms with Gasteiger partial charge in [-0.05, 0) is 44.0 Å². The Kier molecular flexibility index (Phi) is 7.01. The molecule has 1 unspecified atom stereocenters. The maximum Gasteiger partial charge on any atom is 0.339 e. The van der Waals surface area contributed by atoms with E-state index in [2.05, 4.69) is 5.32 Å². The van der Waals surface area contributed by atoms with Gasteiger partial charge in [0.1, 0.15) is 5.69 Å². The van der Waals surface area contributed by atoms with Gasteiger partial charge in [0.15, 0.2) is 6.10 Å². The van der Waals surface area contributed by atoms with Gasteiger partial charge < -0.3 is 15.0 Å². The number of nitrogens with zero attached hydrogens (tertiary/aromatic N) is 2. The number of Topliss-reactive ketones (excluding diaryl/α,β-unsaturated/α-hetero) is 1. The van der Waals surface area contributed by atoms with Crippen LogP contribution in [0.5, 0.6) is 0 Å². The van der Waals surface area contributed by atoms with Crippen molar-refractivity contribution >= 4 is 40.4 Å². The number of carbonyl (C=O) groups is 3. The number of ketones is 1. The SMILES string of the molecule is CC(=O)NCc1ccc(C(=O)C(C)OC(=O)c2ccc(N3CCCC3)c([N+](=O)[O-])c2)s1. The maximum absolute atomic E-state index is 12.6. The fraction of sp³-hybridized carbons (Fsp3) is 0.381. The number of hydrogen-bond donors (Lipinski definition) is 1. The highest BCUT2D eigenvalue weighted by Gasteiger charge is 2.26. The summed E-state index contributed by atoms with van der Waals surface area (Å²) in [4.78, 5) is 50.3. The predicted octanol–water partition coefficient (Wildman–Crippen LogP) is 3.32. The Hall–Kier alpha value is -3.27. The molecule has 1 aliphatic rings. The van der Waals surface area contributed by atoms with Gasteiger partial charge in [0, 0.05) is 31.0 Å². The van der Waals surface area contributed by atoms with E-state index < -0.39 is 17.0 Å². The molecule has 0 radical (unpaired) electrons. The molecule has 1 atom stereocenters. The van der Waals surface area contributed by atoms with Crippen LogP contribution < -0.4 is 10.2 Å². The van der Waals surface area contributed by atoms with Crippen molar-refractivity contribution in [3.05, 3.63) is 55.8 Å². The molecule has 31 heavy (non-hydrogen) atoms. The second-order valence-corrected chi connectivity index (χ2v) is 8.41. The first-order valence-corrected chi connectivity index (χ1v) is 10.7. The monoisotopic (exact) mass is 445 g/mol. The number of carbonyl (C=O) groups excluding carboxylic acids is 3. The topological polar surface area (TPSA) is 119 Å². The van der Waals surface area contributed by atoms with Crippen LogP contribution in [0.4, 0.5) is 11.4 Å². The predicted molar refractivity (Wildman–Crippen MR) is 116 cm³/mol. The number of rotatable bonds is 8. The fourth-order valence-electron chi connectivity index (χ4n) is 3.32. The molecule has 2 aromatic rings. The Bertz CT molecular complexity index is 1010. The molecule has 1 fully saturated rings. The van der Waals surface area contributed by atoms with Gasteiger partial charge in [0.25, 0.3) is 5.69 Å². The largest absolute Gasteiger partial charge is 0.451 e. The molecule has 0 spiro atoms. The highest BCUT2D eigenvalue weighted by molar-refractivity contribution is 7.14. The van der Waals surface area contributed by atoms with E-state index in [9.17, 15) is 24.5 Å². The van der Waals surface area contributed by atoms with Crippen molar-refractivity contribution < 1.29 is 24.0 Å². The van der Waals surface area contributed by atoms with Crippen LogP contribution >= 0.6 is 11.3 Å². The molecule has 0 saturated carbocycles. The number of thiophene rings is 1. The summed E-state index contributed by atoms with van der Waals surface area (Å²) in [6.45, 7) is 4.65. The first kappa shape index (κ1) is 22.4. The molecule has 1 aromatic heterocycles. The van der Waals surface area contributed by atoms with Crippen LogP contribution in [0.2, 0.25) is 0 Å². The molecule has 1 N–H and O–H groups in total. The van der Waals surface area contributed by atoms with Crippen molar-refractivity contribution in [3.8, 4) is 0 Å². The third-order valence-electron chi connectivity index (χ3n) is 4.92. The Morgan fingerprint density at radius 3 is 2.58 bits per heavy atom. The third kappa shape index (κ3) is 5.46. The van der Waals surface area contributed by atoms with Gasteiger partial charge in [0.2, 0.25) is 11.7 Å². The van der Waals surface area contributed by atoms with Crippen LogP contribution in [0.1, 0.15) is 51.6 Å². The number of ether oxygens (including phenoxy) is 1. The zero-order chi connectivity index (χ0) is 22.5. The van der Waals surface area contributed by atoms with E-state index in [0.29, 0.717) is 17.1 Å². The standard InChI is InChI=1S/C21H23N3O6S/c1-13(20(26)19-8-6-16(31-19)12-22-14(2)25)30-21(27)15-5-7-17(18(11-15)24(28)29)23-9-3-4-10-23/h5-8,11,13H,3-4,9-10,12H2,1-2H3,(H,22,25). The van der Waals surface area contributed by atoms with Crippen LogP contribution in [-0.2, 0) is 16.1 Å². The third-order valence-corrected chi connectivity index (χ3v) is 6.02. The Labute approximate surface area is 183 Å². The molecular weight excluding hydrogens is 422 g/mol. The quantitative estimate of drug-likeness (QED) is 0.286. The number of benzene rings is 1. The van der Waals surface area contributed by atoms with Crippen LogP contribution in [-0.4, -0.2) is 41.8 Å². The van der Waals surface area contributed by atoms with Crippen LogP contribution in [0.15, 0.2) is 30.3 Å². The summed E-state index contributed by atoms with van der Waals surface area (Å²) < 4.78 is 5.27. The Morgan fingerprint density at radius 2 is 1.94 bits per heavy atom. The van der Waals surface area contributed by atoms with Gasteiger partial charge in [-0.15, -0.1) is 11.3 Å². The molecule has 2 heterocycles. The smallest absolute Gasteiger partial charge is 0.339 e. The summed E-state index contributed by atoms with van der Waals surface area (Å²) in [6, 6.07) is 7.58. The first-order valence-electron chi connectivity index (χ1n) is 9.88. The summed E-state index contributed by atoms with van der Waals surface area (Å²) in [7, 11) is 0. The number of esters is 1. The zero-order valence-electron chi connectivity index (χ0n) is 17.3. The fourth-order valence-corrected chi connectivity index (χ4v) is 4.29. The van der Waals surface area contributed by atoms with E-state index in [-0.39, 0.29) is 22.9 Å². The highest BCUT2D eigenvalue weighted by atomic mass is 32.1. The molecule has 1 saturated heterocycles. The molecule has 10 heteroatoms. The zero-order valence-corrected chi connectivity index (χ0v) is 18.1. The van der Waals surface area contributed by atoms with Crippen molar-refractivity contribution in [1.82, 2.24) is 5.32 Å². The first-order chi connectivity index (χ1) is 14.8. The molecule has 3 rings (SSSR count). The van der Waals surface area contributed by atoms with Crippen molar-refractivity contribution in [3.63, 3.8) is 0 Å². The summed E-state index contributed by atoms with van der Waals surface area (Å²) in [5.74, 6) is -1.35. The van der Waals surface area contributed by atoms with Gasteiger partial charge in [-0.3, -0.25) is 19.7 Å². The summed E-state index contributed by atoms with van der Waals surface area (Å²) in [5.41, 5.74) is 0.344. The van der Waals surface area contributed by atoms with Crippen LogP contribution in [0, 0.1) is 10.1 Å². The lowest BCUT2D eigenvalue weighted by molar-refractivity contribution is -0.384. The van der Waals surface area contributed by atoms with Crippen molar-refractivity contribution in [2.24, 2.45) is 0 Å². The lowest BCUT2D eigenvalue weighted by atomic mass is 10.1. The Balaban J connectivity index is 1.69. The molecule has 164 valence electrons. The number of nitro benzene ring substituents is 1. The molecule has 0 bridgehead atoms. The molecule has 1 aliphatic heterocycles. The second kappa shape index (κ2) is 9.69. The minimum atomic E-state index is -1.06. The van der Waals surface area contributed by atoms with E-state index in [4.69, 9.17) is 4.74 Å². The lowest BCUT2D eigenvalue weighted by Gasteiger charge is -2.18. The summed E-state index contributed by atoms with van der Waals surface area (Å²) >= 11 is 1.21. The number of anilines is 1. The van der Waals surface area contributed by atoms with Crippen LogP contribution in [0.3, 0.4) is 0 Å². The molecule has 1 aromatic carbocycles. The van der Waals surface area contributed by atoms with Gasteiger partial charge in [-0.1, -0.05) is 0 Å². The molecular formula is C21H23N3O6S. The van der Waals surface area contributed by atoms with Crippen molar-refractivity contribution in [2.45, 2.75) is 39.3 Å². The van der Waals surface area contributed by atoms with Gasteiger partial charge in [-0.25, -0.2) is 4.79 Å². The van der Waals surface area contributed by atoms with Crippen molar-refractivity contribution in [2.75, 3.05) is 18.0 Å². The molecule has 1 amide bonds. The van der Waals surface area contributed by atoms with Crippen molar-refractivity contribution in [1.29, 1.82) is 0 Å². The maximum atomic E-state index is 12.6. The van der Waals surface area contributed by atoms with E-state index in [0.717, 1.165) is 30.8 Å². The van der Waals surface area contributed by atoms with E-state index in [1.54, 1.807) is 18.2 Å². The van der Waals surface area contributed by atoms with Gasteiger partial charge in [0.05, 0.1) is 21.9 Å². The molecule has 0 aliphatic carbocycles.